The summed E-state index contributed by atoms with van der Waals surface area (Å²) in [4.78, 5) is 12.8. The molecule has 9 nitrogen and oxygen atoms in total. The van der Waals surface area contributed by atoms with Gasteiger partial charge in [0.1, 0.15) is 30.5 Å². The molecule has 1 aliphatic heterocycles. The smallest absolute Gasteiger partial charge is 0.306 e. The van der Waals surface area contributed by atoms with Crippen molar-refractivity contribution in [3.05, 3.63) is 85.1 Å². The normalized spacial score (nSPS) is 20.4. The quantitative estimate of drug-likeness (QED) is 0.0268. The second-order valence-electron chi connectivity index (χ2n) is 16.9. The molecule has 0 saturated carbocycles. The molecule has 4 N–H and O–H groups in total. The van der Waals surface area contributed by atoms with Crippen LogP contribution in [0, 0.1) is 0 Å². The van der Waals surface area contributed by atoms with Crippen molar-refractivity contribution in [2.75, 3.05) is 26.4 Å². The Labute approximate surface area is 384 Å². The summed E-state index contributed by atoms with van der Waals surface area (Å²) < 4.78 is 22.8. The van der Waals surface area contributed by atoms with Gasteiger partial charge < -0.3 is 39.4 Å². The second kappa shape index (κ2) is 44.6. The van der Waals surface area contributed by atoms with Crippen molar-refractivity contribution in [1.29, 1.82) is 0 Å². The Morgan fingerprint density at radius 1 is 0.524 bits per heavy atom. The molecule has 1 fully saturated rings. The van der Waals surface area contributed by atoms with Crippen LogP contribution in [0.5, 0.6) is 0 Å². The number of ether oxygens (including phenoxy) is 4. The van der Waals surface area contributed by atoms with Crippen molar-refractivity contribution >= 4 is 5.97 Å². The number of carbonyl (C=O) groups excluding carboxylic acids is 1. The van der Waals surface area contributed by atoms with Crippen molar-refractivity contribution in [1.82, 2.24) is 0 Å². The maximum atomic E-state index is 12.8. The van der Waals surface area contributed by atoms with E-state index in [0.29, 0.717) is 13.0 Å². The number of rotatable bonds is 42. The van der Waals surface area contributed by atoms with Gasteiger partial charge in [0.25, 0.3) is 0 Å². The second-order valence-corrected chi connectivity index (χ2v) is 16.9. The Morgan fingerprint density at radius 2 is 0.968 bits per heavy atom. The van der Waals surface area contributed by atoms with Crippen molar-refractivity contribution in [2.45, 2.75) is 224 Å². The van der Waals surface area contributed by atoms with Crippen LogP contribution in [-0.2, 0) is 23.7 Å². The zero-order valence-corrected chi connectivity index (χ0v) is 39.8. The highest BCUT2D eigenvalue weighted by molar-refractivity contribution is 5.69. The fourth-order valence-electron chi connectivity index (χ4n) is 7.14. The third kappa shape index (κ3) is 35.3. The minimum absolute atomic E-state index is 0.120. The van der Waals surface area contributed by atoms with E-state index in [1.54, 1.807) is 0 Å². The van der Waals surface area contributed by atoms with E-state index in [0.717, 1.165) is 64.2 Å². The van der Waals surface area contributed by atoms with Crippen molar-refractivity contribution < 1.29 is 44.2 Å². The zero-order valence-electron chi connectivity index (χ0n) is 39.8. The predicted octanol–water partition coefficient (Wildman–Crippen LogP) is 12.2. The van der Waals surface area contributed by atoms with Gasteiger partial charge in [0, 0.05) is 13.0 Å². The van der Waals surface area contributed by atoms with Gasteiger partial charge in [-0.25, -0.2) is 0 Å². The van der Waals surface area contributed by atoms with Gasteiger partial charge in [-0.3, -0.25) is 4.79 Å². The lowest BCUT2D eigenvalue weighted by molar-refractivity contribution is -0.305. The van der Waals surface area contributed by atoms with E-state index in [4.69, 9.17) is 18.9 Å². The average Bonchev–Trinajstić information content (AvgIpc) is 3.28. The van der Waals surface area contributed by atoms with Crippen molar-refractivity contribution in [3.63, 3.8) is 0 Å². The maximum absolute atomic E-state index is 12.8. The Balaban J connectivity index is 2.27. The number of aliphatic hydroxyl groups excluding tert-OH is 4. The largest absolute Gasteiger partial charge is 0.457 e. The molecule has 0 aromatic carbocycles. The number of hydrogen-bond acceptors (Lipinski definition) is 9. The molecule has 0 radical (unpaired) electrons. The van der Waals surface area contributed by atoms with Gasteiger partial charge >= 0.3 is 5.97 Å². The first-order valence-corrected chi connectivity index (χ1v) is 25.2. The Bertz CT molecular complexity index is 1240. The first-order chi connectivity index (χ1) is 30.9. The molecule has 362 valence electrons. The first-order valence-electron chi connectivity index (χ1n) is 25.2. The fourth-order valence-corrected chi connectivity index (χ4v) is 7.14. The molecule has 6 unspecified atom stereocenters. The van der Waals surface area contributed by atoms with Gasteiger partial charge in [-0.1, -0.05) is 176 Å². The van der Waals surface area contributed by atoms with E-state index >= 15 is 0 Å². The standard InChI is InChI=1S/C54H92O9/c1-3-5-7-9-11-13-15-17-19-21-23-24-25-27-29-31-33-35-37-39-41-43-50(56)62-48(47-61-54-53(59)52(58)51(57)49(45-55)63-54)46-60-44-42-40-38-36-34-32-30-28-26-22-20-18-16-14-12-10-8-6-4-2/h5,7,11,13,17,19-20,22-24,27,29,33,35,48-49,51-55,57-59H,3-4,6,8-10,12,14-16,18,21,25-26,28,30-32,34,36-47H2,1-2H3/b7-5-,13-11-,19-17-,22-20-,24-23-,29-27-,35-33-. The van der Waals surface area contributed by atoms with Gasteiger partial charge in [-0.15, -0.1) is 0 Å². The molecule has 1 aliphatic rings. The summed E-state index contributed by atoms with van der Waals surface area (Å²) in [6.45, 7) is 4.38. The van der Waals surface area contributed by atoms with Crippen molar-refractivity contribution in [3.8, 4) is 0 Å². The number of carbonyl (C=O) groups is 1. The Hall–Kier alpha value is -2.63. The summed E-state index contributed by atoms with van der Waals surface area (Å²) in [6, 6.07) is 0. The van der Waals surface area contributed by atoms with Gasteiger partial charge in [-0.2, -0.15) is 0 Å². The number of esters is 1. The highest BCUT2D eigenvalue weighted by Gasteiger charge is 2.44. The monoisotopic (exact) mass is 885 g/mol. The highest BCUT2D eigenvalue weighted by atomic mass is 16.7. The molecule has 1 saturated heterocycles. The van der Waals surface area contributed by atoms with Gasteiger partial charge in [0.05, 0.1) is 19.8 Å². The molecule has 0 amide bonds. The number of allylic oxidation sites excluding steroid dienone is 14. The molecule has 9 heteroatoms. The summed E-state index contributed by atoms with van der Waals surface area (Å²) >= 11 is 0. The third-order valence-electron chi connectivity index (χ3n) is 11.0. The molecule has 1 rings (SSSR count). The van der Waals surface area contributed by atoms with E-state index in [1.165, 1.54) is 96.3 Å². The Morgan fingerprint density at radius 3 is 1.48 bits per heavy atom. The number of aliphatic hydroxyl groups is 4. The lowest BCUT2D eigenvalue weighted by atomic mass is 9.99. The van der Waals surface area contributed by atoms with Crippen LogP contribution >= 0.6 is 0 Å². The van der Waals surface area contributed by atoms with Gasteiger partial charge in [-0.05, 0) is 89.9 Å². The topological polar surface area (TPSA) is 135 Å². The SMILES string of the molecule is CC/C=C\C/C=C\C/C=C\C/C=C\C/C=C\C/C=C\CCCCC(=O)OC(COCCCCCCCCCC/C=C\CCCCCCCCC)COC1OC(CO)C(O)C(O)C1O. The van der Waals surface area contributed by atoms with E-state index in [1.807, 2.05) is 0 Å². The summed E-state index contributed by atoms with van der Waals surface area (Å²) in [6.07, 6.45) is 53.3. The summed E-state index contributed by atoms with van der Waals surface area (Å²) in [5.74, 6) is -0.358. The van der Waals surface area contributed by atoms with Crippen molar-refractivity contribution in [2.24, 2.45) is 0 Å². The van der Waals surface area contributed by atoms with Crippen LogP contribution in [-0.4, -0.2) is 89.6 Å². The lowest BCUT2D eigenvalue weighted by Crippen LogP contribution is -2.59. The molecule has 6 atom stereocenters. The Kier molecular flexibility index (Phi) is 41.3. The van der Waals surface area contributed by atoms with Crippen LogP contribution in [0.2, 0.25) is 0 Å². The van der Waals surface area contributed by atoms with Crippen LogP contribution in [0.25, 0.3) is 0 Å². The van der Waals surface area contributed by atoms with E-state index < -0.39 is 43.4 Å². The molecular weight excluding hydrogens is 793 g/mol. The average molecular weight is 885 g/mol. The van der Waals surface area contributed by atoms with E-state index in [2.05, 4.69) is 98.9 Å². The van der Waals surface area contributed by atoms with E-state index in [-0.39, 0.29) is 25.6 Å². The molecule has 0 aromatic heterocycles. The molecule has 0 aromatic rings. The van der Waals surface area contributed by atoms with Gasteiger partial charge in [0.2, 0.25) is 0 Å². The third-order valence-corrected chi connectivity index (χ3v) is 11.0. The van der Waals surface area contributed by atoms with Crippen LogP contribution in [0.15, 0.2) is 85.1 Å². The predicted molar refractivity (Wildman–Crippen MR) is 260 cm³/mol. The molecule has 1 heterocycles. The highest BCUT2D eigenvalue weighted by Crippen LogP contribution is 2.22. The fraction of sp³-hybridized carbons (Fsp3) is 0.722. The van der Waals surface area contributed by atoms with Crippen LogP contribution in [0.1, 0.15) is 187 Å². The summed E-state index contributed by atoms with van der Waals surface area (Å²) in [7, 11) is 0. The van der Waals surface area contributed by atoms with Gasteiger partial charge in [0.15, 0.2) is 6.29 Å². The zero-order chi connectivity index (χ0) is 45.7. The molecule has 0 spiro atoms. The van der Waals surface area contributed by atoms with Crippen LogP contribution < -0.4 is 0 Å². The molecule has 63 heavy (non-hydrogen) atoms. The maximum Gasteiger partial charge on any atom is 0.306 e. The molecular formula is C54H92O9. The lowest BCUT2D eigenvalue weighted by Gasteiger charge is -2.39. The number of hydrogen-bond donors (Lipinski definition) is 4. The van der Waals surface area contributed by atoms with Crippen LogP contribution in [0.4, 0.5) is 0 Å². The van der Waals surface area contributed by atoms with E-state index in [9.17, 15) is 25.2 Å². The van der Waals surface area contributed by atoms with Crippen LogP contribution in [0.3, 0.4) is 0 Å². The molecule has 0 bridgehead atoms. The number of unbranched alkanes of at least 4 members (excludes halogenated alkanes) is 17. The minimum Gasteiger partial charge on any atom is -0.457 e. The first kappa shape index (κ1) is 58.4. The summed E-state index contributed by atoms with van der Waals surface area (Å²) in [5.41, 5.74) is 0. The minimum atomic E-state index is -1.55. The molecule has 0 aliphatic carbocycles. The summed E-state index contributed by atoms with van der Waals surface area (Å²) in [5, 5.41) is 40.2.